The third-order valence-electron chi connectivity index (χ3n) is 2.80. The van der Waals surface area contributed by atoms with Crippen molar-refractivity contribution in [3.63, 3.8) is 0 Å². The normalized spacial score (nSPS) is 10.3. The van der Waals surface area contributed by atoms with E-state index in [1.165, 1.54) is 11.3 Å². The molecule has 110 valence electrons. The monoisotopic (exact) mass is 367 g/mol. The second kappa shape index (κ2) is 6.36. The molecule has 0 spiro atoms. The molecule has 7 heteroatoms. The Hall–Kier alpha value is -1.73. The minimum Gasteiger partial charge on any atom is -0.355 e. The van der Waals surface area contributed by atoms with Crippen molar-refractivity contribution in [3.05, 3.63) is 43.8 Å². The Labute approximate surface area is 134 Å². The van der Waals surface area contributed by atoms with E-state index in [4.69, 9.17) is 0 Å². The molecule has 21 heavy (non-hydrogen) atoms. The highest BCUT2D eigenvalue weighted by Gasteiger charge is 2.18. The fourth-order valence-corrected chi connectivity index (χ4v) is 3.10. The topological polar surface area (TPSA) is 71.1 Å². The molecule has 0 unspecified atom stereocenters. The Kier molecular flexibility index (Phi) is 4.74. The Bertz CT molecular complexity index is 712. The minimum absolute atomic E-state index is 0.260. The fraction of sp³-hybridized carbons (Fsp3) is 0.214. The molecule has 5 nitrogen and oxygen atoms in total. The number of nitrogens with zero attached hydrogens (tertiary/aromatic N) is 1. The number of hydrogen-bond donors (Lipinski definition) is 2. The van der Waals surface area contributed by atoms with E-state index >= 15 is 0 Å². The lowest BCUT2D eigenvalue weighted by molar-refractivity contribution is 0.0964. The predicted molar refractivity (Wildman–Crippen MR) is 87.1 cm³/mol. The highest BCUT2D eigenvalue weighted by molar-refractivity contribution is 9.10. The van der Waals surface area contributed by atoms with Crippen LogP contribution in [0.15, 0.2) is 22.0 Å². The Morgan fingerprint density at radius 2 is 1.95 bits per heavy atom. The molecule has 0 radical (unpaired) electrons. The number of thiazole rings is 1. The zero-order valence-electron chi connectivity index (χ0n) is 11.8. The fourth-order valence-electron chi connectivity index (χ4n) is 1.83. The summed E-state index contributed by atoms with van der Waals surface area (Å²) < 4.78 is 0.654. The van der Waals surface area contributed by atoms with E-state index in [0.717, 1.165) is 10.6 Å². The lowest BCUT2D eigenvalue weighted by Crippen LogP contribution is -2.22. The van der Waals surface area contributed by atoms with Crippen molar-refractivity contribution in [2.75, 3.05) is 12.4 Å². The Morgan fingerprint density at radius 1 is 1.24 bits per heavy atom. The van der Waals surface area contributed by atoms with Crippen LogP contribution in [0.5, 0.6) is 0 Å². The average molecular weight is 368 g/mol. The summed E-state index contributed by atoms with van der Waals surface area (Å²) in [5.74, 6) is -0.599. The SMILES string of the molecule is CNC(=O)c1cc(C)cc(Br)c1NC(=O)c1csc(C)n1. The number of aryl methyl sites for hydroxylation is 2. The number of nitrogens with one attached hydrogen (secondary N) is 2. The largest absolute Gasteiger partial charge is 0.355 e. The van der Waals surface area contributed by atoms with Gasteiger partial charge in [-0.1, -0.05) is 0 Å². The Balaban J connectivity index is 2.39. The number of benzene rings is 1. The summed E-state index contributed by atoms with van der Waals surface area (Å²) in [5, 5.41) is 7.82. The summed E-state index contributed by atoms with van der Waals surface area (Å²) in [4.78, 5) is 28.3. The van der Waals surface area contributed by atoms with Crippen molar-refractivity contribution < 1.29 is 9.59 Å². The van der Waals surface area contributed by atoms with Gasteiger partial charge in [0, 0.05) is 16.9 Å². The van der Waals surface area contributed by atoms with Gasteiger partial charge in [0.2, 0.25) is 0 Å². The number of aromatic nitrogens is 1. The van der Waals surface area contributed by atoms with Crippen LogP contribution in [0, 0.1) is 13.8 Å². The van der Waals surface area contributed by atoms with E-state index in [2.05, 4.69) is 31.5 Å². The van der Waals surface area contributed by atoms with Crippen LogP contribution < -0.4 is 10.6 Å². The van der Waals surface area contributed by atoms with Crippen molar-refractivity contribution in [1.29, 1.82) is 0 Å². The molecule has 2 aromatic rings. The molecule has 0 aliphatic heterocycles. The summed E-state index contributed by atoms with van der Waals surface area (Å²) in [7, 11) is 1.55. The second-order valence-electron chi connectivity index (χ2n) is 4.45. The predicted octanol–water partition coefficient (Wildman–Crippen LogP) is 3.13. The first kappa shape index (κ1) is 15.7. The summed E-state index contributed by atoms with van der Waals surface area (Å²) in [5.41, 5.74) is 2.11. The molecule has 2 rings (SSSR count). The summed E-state index contributed by atoms with van der Waals surface area (Å²) >= 11 is 4.79. The van der Waals surface area contributed by atoms with Gasteiger partial charge in [0.05, 0.1) is 16.3 Å². The number of amides is 2. The van der Waals surface area contributed by atoms with E-state index < -0.39 is 0 Å². The van der Waals surface area contributed by atoms with Crippen LogP contribution in [0.1, 0.15) is 31.4 Å². The van der Waals surface area contributed by atoms with Crippen LogP contribution in [0.3, 0.4) is 0 Å². The third-order valence-corrected chi connectivity index (χ3v) is 4.20. The van der Waals surface area contributed by atoms with Gasteiger partial charge < -0.3 is 10.6 Å². The van der Waals surface area contributed by atoms with Gasteiger partial charge in [0.25, 0.3) is 11.8 Å². The maximum absolute atomic E-state index is 12.2. The molecule has 2 N–H and O–H groups in total. The lowest BCUT2D eigenvalue weighted by atomic mass is 10.1. The van der Waals surface area contributed by atoms with E-state index in [-0.39, 0.29) is 11.8 Å². The van der Waals surface area contributed by atoms with Crippen LogP contribution in [0.25, 0.3) is 0 Å². The molecule has 0 atom stereocenters. The number of anilines is 1. The zero-order chi connectivity index (χ0) is 15.6. The molecule has 0 saturated heterocycles. The number of hydrogen-bond acceptors (Lipinski definition) is 4. The van der Waals surface area contributed by atoms with Crippen molar-refractivity contribution >= 4 is 44.8 Å². The smallest absolute Gasteiger partial charge is 0.275 e. The number of halogens is 1. The van der Waals surface area contributed by atoms with Crippen LogP contribution in [0.2, 0.25) is 0 Å². The number of carbonyl (C=O) groups excluding carboxylic acids is 2. The second-order valence-corrected chi connectivity index (χ2v) is 6.37. The van der Waals surface area contributed by atoms with Crippen molar-refractivity contribution in [2.24, 2.45) is 0 Å². The Morgan fingerprint density at radius 3 is 2.52 bits per heavy atom. The standard InChI is InChI=1S/C14H14BrN3O2S/c1-7-4-9(13(19)16-3)12(10(15)5-7)18-14(20)11-6-21-8(2)17-11/h4-6H,1-3H3,(H,16,19)(H,18,20). The zero-order valence-corrected chi connectivity index (χ0v) is 14.2. The van der Waals surface area contributed by atoms with Crippen LogP contribution in [-0.4, -0.2) is 23.8 Å². The van der Waals surface area contributed by atoms with Crippen molar-refractivity contribution in [3.8, 4) is 0 Å². The lowest BCUT2D eigenvalue weighted by Gasteiger charge is -2.12. The highest BCUT2D eigenvalue weighted by atomic mass is 79.9. The van der Waals surface area contributed by atoms with Crippen molar-refractivity contribution in [2.45, 2.75) is 13.8 Å². The van der Waals surface area contributed by atoms with E-state index in [1.54, 1.807) is 18.5 Å². The summed E-state index contributed by atoms with van der Waals surface area (Å²) in [6, 6.07) is 3.57. The van der Waals surface area contributed by atoms with Crippen molar-refractivity contribution in [1.82, 2.24) is 10.3 Å². The van der Waals surface area contributed by atoms with Gasteiger partial charge in [-0.2, -0.15) is 0 Å². The summed E-state index contributed by atoms with van der Waals surface area (Å²) in [6.45, 7) is 3.71. The molecule has 0 saturated carbocycles. The molecule has 2 amide bonds. The van der Waals surface area contributed by atoms with Gasteiger partial charge in [-0.05, 0) is 47.5 Å². The van der Waals surface area contributed by atoms with Crippen LogP contribution in [0.4, 0.5) is 5.69 Å². The molecule has 0 aliphatic rings. The molecule has 0 aliphatic carbocycles. The maximum atomic E-state index is 12.2. The van der Waals surface area contributed by atoms with E-state index in [1.807, 2.05) is 19.9 Å². The number of rotatable bonds is 3. The maximum Gasteiger partial charge on any atom is 0.275 e. The van der Waals surface area contributed by atoms with Crippen LogP contribution >= 0.6 is 27.3 Å². The quantitative estimate of drug-likeness (QED) is 0.875. The molecular formula is C14H14BrN3O2S. The van der Waals surface area contributed by atoms with Gasteiger partial charge in [0.1, 0.15) is 5.69 Å². The first-order valence-corrected chi connectivity index (χ1v) is 7.85. The first-order valence-electron chi connectivity index (χ1n) is 6.18. The molecular weight excluding hydrogens is 354 g/mol. The molecule has 1 heterocycles. The van der Waals surface area contributed by atoms with E-state index in [0.29, 0.717) is 21.4 Å². The van der Waals surface area contributed by atoms with E-state index in [9.17, 15) is 9.59 Å². The van der Waals surface area contributed by atoms with Gasteiger partial charge in [-0.25, -0.2) is 4.98 Å². The first-order chi connectivity index (χ1) is 9.92. The van der Waals surface area contributed by atoms with Gasteiger partial charge in [-0.3, -0.25) is 9.59 Å². The molecule has 0 bridgehead atoms. The third kappa shape index (κ3) is 3.48. The summed E-state index contributed by atoms with van der Waals surface area (Å²) in [6.07, 6.45) is 0. The van der Waals surface area contributed by atoms with Gasteiger partial charge in [0.15, 0.2) is 0 Å². The number of carbonyl (C=O) groups is 2. The average Bonchev–Trinajstić information content (AvgIpc) is 2.87. The highest BCUT2D eigenvalue weighted by Crippen LogP contribution is 2.29. The van der Waals surface area contributed by atoms with Crippen LogP contribution in [-0.2, 0) is 0 Å². The molecule has 1 aromatic carbocycles. The van der Waals surface area contributed by atoms with Gasteiger partial charge in [-0.15, -0.1) is 11.3 Å². The molecule has 1 aromatic heterocycles. The minimum atomic E-state index is -0.339. The molecule has 0 fully saturated rings. The van der Waals surface area contributed by atoms with Gasteiger partial charge >= 0.3 is 0 Å².